The zero-order valence-corrected chi connectivity index (χ0v) is 13.3. The Balaban J connectivity index is 2.07. The number of carbonyl (C=O) groups excluding carboxylic acids is 2. The lowest BCUT2D eigenvalue weighted by Crippen LogP contribution is -2.39. The van der Waals surface area contributed by atoms with Crippen LogP contribution in [0.25, 0.3) is 0 Å². The normalized spacial score (nSPS) is 11.8. The first-order valence-corrected chi connectivity index (χ1v) is 7.92. The van der Waals surface area contributed by atoms with Crippen LogP contribution in [0.1, 0.15) is 23.6 Å². The molecule has 7 heteroatoms. The Morgan fingerprint density at radius 2 is 2.00 bits per heavy atom. The Hall–Kier alpha value is -2.28. The highest BCUT2D eigenvalue weighted by molar-refractivity contribution is 7.07. The van der Waals surface area contributed by atoms with Crippen molar-refractivity contribution >= 4 is 23.2 Å². The summed E-state index contributed by atoms with van der Waals surface area (Å²) in [6.07, 6.45) is 0.751. The summed E-state index contributed by atoms with van der Waals surface area (Å²) in [7, 11) is 1.41. The van der Waals surface area contributed by atoms with Crippen LogP contribution in [-0.4, -0.2) is 18.9 Å². The average Bonchev–Trinajstić information content (AvgIpc) is 3.06. The molecule has 1 unspecified atom stereocenters. The van der Waals surface area contributed by atoms with Crippen LogP contribution in [-0.2, 0) is 16.0 Å². The van der Waals surface area contributed by atoms with E-state index in [1.54, 1.807) is 11.3 Å². The molecule has 122 valence electrons. The van der Waals surface area contributed by atoms with E-state index in [2.05, 4.69) is 10.6 Å². The van der Waals surface area contributed by atoms with Crippen LogP contribution in [0.2, 0.25) is 0 Å². The van der Waals surface area contributed by atoms with Crippen LogP contribution < -0.4 is 10.6 Å². The molecule has 0 saturated carbocycles. The van der Waals surface area contributed by atoms with Crippen LogP contribution in [0.15, 0.2) is 35.0 Å². The van der Waals surface area contributed by atoms with Gasteiger partial charge in [-0.05, 0) is 46.5 Å². The molecule has 0 radical (unpaired) electrons. The van der Waals surface area contributed by atoms with Crippen LogP contribution in [0.4, 0.5) is 8.78 Å². The van der Waals surface area contributed by atoms with Crippen LogP contribution in [0.5, 0.6) is 0 Å². The second kappa shape index (κ2) is 7.82. The topological polar surface area (TPSA) is 58.2 Å². The summed E-state index contributed by atoms with van der Waals surface area (Å²) in [6, 6.07) is 3.97. The van der Waals surface area contributed by atoms with Gasteiger partial charge in [0.25, 0.3) is 0 Å². The van der Waals surface area contributed by atoms with Gasteiger partial charge in [0.15, 0.2) is 11.6 Å². The molecule has 1 aromatic heterocycles. The summed E-state index contributed by atoms with van der Waals surface area (Å²) in [4.78, 5) is 24.0. The minimum atomic E-state index is -1.07. The maximum atomic E-state index is 13.4. The minimum Gasteiger partial charge on any atom is -0.357 e. The lowest BCUT2D eigenvalue weighted by Gasteiger charge is -2.18. The maximum absolute atomic E-state index is 13.4. The minimum absolute atomic E-state index is 0.187. The Bertz CT molecular complexity index is 689. The van der Waals surface area contributed by atoms with Crippen molar-refractivity contribution in [1.29, 1.82) is 0 Å². The number of thiophene rings is 1. The summed E-state index contributed by atoms with van der Waals surface area (Å²) in [5.74, 6) is -2.91. The lowest BCUT2D eigenvalue weighted by molar-refractivity contribution is -0.128. The number of carbonyl (C=O) groups is 2. The number of rotatable bonds is 6. The van der Waals surface area contributed by atoms with Crippen LogP contribution in [0, 0.1) is 11.6 Å². The third kappa shape index (κ3) is 4.59. The number of aryl methyl sites for hydroxylation is 1. The fourth-order valence-electron chi connectivity index (χ4n) is 2.06. The standard InChI is InChI=1S/C16H16F2N2O2S/c1-19-16(22)15(11-3-4-12(17)13(18)8-11)20-14(21)5-2-10-6-7-23-9-10/h3-4,6-9,15H,2,5H2,1H3,(H,19,22)(H,20,21). The zero-order valence-electron chi connectivity index (χ0n) is 12.4. The first kappa shape index (κ1) is 17.1. The molecule has 0 aliphatic carbocycles. The summed E-state index contributed by atoms with van der Waals surface area (Å²) < 4.78 is 26.4. The fourth-order valence-corrected chi connectivity index (χ4v) is 2.77. The zero-order chi connectivity index (χ0) is 16.8. The van der Waals surface area contributed by atoms with Crippen molar-refractivity contribution in [1.82, 2.24) is 10.6 Å². The summed E-state index contributed by atoms with van der Waals surface area (Å²) in [5.41, 5.74) is 1.22. The highest BCUT2D eigenvalue weighted by Gasteiger charge is 2.22. The molecule has 2 aromatic rings. The molecule has 2 rings (SSSR count). The van der Waals surface area contributed by atoms with E-state index in [9.17, 15) is 18.4 Å². The Labute approximate surface area is 136 Å². The molecule has 0 aliphatic rings. The number of nitrogens with one attached hydrogen (secondary N) is 2. The largest absolute Gasteiger partial charge is 0.357 e. The lowest BCUT2D eigenvalue weighted by atomic mass is 10.0. The molecule has 1 atom stereocenters. The molecular formula is C16H16F2N2O2S. The molecule has 0 fully saturated rings. The van der Waals surface area contributed by atoms with E-state index in [4.69, 9.17) is 0 Å². The molecule has 0 bridgehead atoms. The molecule has 0 aliphatic heterocycles. The highest BCUT2D eigenvalue weighted by Crippen LogP contribution is 2.17. The van der Waals surface area contributed by atoms with E-state index in [-0.39, 0.29) is 17.9 Å². The van der Waals surface area contributed by atoms with E-state index >= 15 is 0 Å². The fraction of sp³-hybridized carbons (Fsp3) is 0.250. The molecular weight excluding hydrogens is 322 g/mol. The van der Waals surface area contributed by atoms with Crippen molar-refractivity contribution in [3.05, 3.63) is 57.8 Å². The molecule has 1 aromatic carbocycles. The molecule has 0 spiro atoms. The molecule has 0 saturated heterocycles. The number of hydrogen-bond donors (Lipinski definition) is 2. The molecule has 23 heavy (non-hydrogen) atoms. The Morgan fingerprint density at radius 3 is 2.61 bits per heavy atom. The van der Waals surface area contributed by atoms with Crippen LogP contribution >= 0.6 is 11.3 Å². The summed E-state index contributed by atoms with van der Waals surface area (Å²) in [6.45, 7) is 0. The molecule has 2 amide bonds. The number of halogens is 2. The molecule has 1 heterocycles. The van der Waals surface area contributed by atoms with Gasteiger partial charge in [0, 0.05) is 13.5 Å². The van der Waals surface area contributed by atoms with Gasteiger partial charge in [0.05, 0.1) is 0 Å². The number of hydrogen-bond acceptors (Lipinski definition) is 3. The van der Waals surface area contributed by atoms with Gasteiger partial charge in [0.2, 0.25) is 11.8 Å². The van der Waals surface area contributed by atoms with Crippen molar-refractivity contribution in [2.24, 2.45) is 0 Å². The van der Waals surface area contributed by atoms with Crippen molar-refractivity contribution in [3.63, 3.8) is 0 Å². The smallest absolute Gasteiger partial charge is 0.246 e. The van der Waals surface area contributed by atoms with Crippen LogP contribution in [0.3, 0.4) is 0 Å². The van der Waals surface area contributed by atoms with Gasteiger partial charge in [-0.15, -0.1) is 0 Å². The number of likely N-dealkylation sites (N-methyl/N-ethyl adjacent to an activating group) is 1. The van der Waals surface area contributed by atoms with Gasteiger partial charge in [-0.1, -0.05) is 6.07 Å². The van der Waals surface area contributed by atoms with Gasteiger partial charge in [-0.2, -0.15) is 11.3 Å². The predicted octanol–water partition coefficient (Wildman–Crippen LogP) is 2.56. The van der Waals surface area contributed by atoms with E-state index in [1.807, 2.05) is 16.8 Å². The van der Waals surface area contributed by atoms with Gasteiger partial charge in [0.1, 0.15) is 6.04 Å². The number of benzene rings is 1. The Morgan fingerprint density at radius 1 is 1.22 bits per heavy atom. The molecule has 2 N–H and O–H groups in total. The summed E-state index contributed by atoms with van der Waals surface area (Å²) >= 11 is 1.54. The quantitative estimate of drug-likeness (QED) is 0.850. The predicted molar refractivity (Wildman–Crippen MR) is 83.9 cm³/mol. The van der Waals surface area contributed by atoms with Gasteiger partial charge in [-0.3, -0.25) is 9.59 Å². The maximum Gasteiger partial charge on any atom is 0.246 e. The van der Waals surface area contributed by atoms with Crippen molar-refractivity contribution in [2.45, 2.75) is 18.9 Å². The van der Waals surface area contributed by atoms with Crippen molar-refractivity contribution in [2.75, 3.05) is 7.05 Å². The van der Waals surface area contributed by atoms with E-state index < -0.39 is 23.6 Å². The van der Waals surface area contributed by atoms with Crippen molar-refractivity contribution < 1.29 is 18.4 Å². The SMILES string of the molecule is CNC(=O)C(NC(=O)CCc1ccsc1)c1ccc(F)c(F)c1. The first-order valence-electron chi connectivity index (χ1n) is 6.98. The highest BCUT2D eigenvalue weighted by atomic mass is 32.1. The van der Waals surface area contributed by atoms with Gasteiger partial charge >= 0.3 is 0 Å². The third-order valence-electron chi connectivity index (χ3n) is 3.31. The summed E-state index contributed by atoms with van der Waals surface area (Å²) in [5, 5.41) is 8.82. The van der Waals surface area contributed by atoms with E-state index in [1.165, 1.54) is 13.1 Å². The second-order valence-electron chi connectivity index (χ2n) is 4.92. The van der Waals surface area contributed by atoms with E-state index in [0.717, 1.165) is 17.7 Å². The van der Waals surface area contributed by atoms with Crippen molar-refractivity contribution in [3.8, 4) is 0 Å². The third-order valence-corrected chi connectivity index (χ3v) is 4.04. The molecule has 4 nitrogen and oxygen atoms in total. The monoisotopic (exact) mass is 338 g/mol. The Kier molecular flexibility index (Phi) is 5.81. The first-order chi connectivity index (χ1) is 11.0. The van der Waals surface area contributed by atoms with E-state index in [0.29, 0.717) is 6.42 Å². The average molecular weight is 338 g/mol. The second-order valence-corrected chi connectivity index (χ2v) is 5.70. The number of amides is 2. The van der Waals surface area contributed by atoms with Gasteiger partial charge in [-0.25, -0.2) is 8.78 Å². The van der Waals surface area contributed by atoms with Gasteiger partial charge < -0.3 is 10.6 Å².